The summed E-state index contributed by atoms with van der Waals surface area (Å²) in [6, 6.07) is 9.32. The predicted octanol–water partition coefficient (Wildman–Crippen LogP) is 4.33. The molecule has 0 bridgehead atoms. The highest BCUT2D eigenvalue weighted by molar-refractivity contribution is 7.14. The normalized spacial score (nSPS) is 18.5. The Labute approximate surface area is 147 Å². The zero-order valence-corrected chi connectivity index (χ0v) is 15.4. The summed E-state index contributed by atoms with van der Waals surface area (Å²) in [6.45, 7) is 8.34. The van der Waals surface area contributed by atoms with Gasteiger partial charge in [-0.2, -0.15) is 0 Å². The second-order valence-corrected chi connectivity index (χ2v) is 8.37. The van der Waals surface area contributed by atoms with E-state index in [9.17, 15) is 4.79 Å². The van der Waals surface area contributed by atoms with Gasteiger partial charge in [0, 0.05) is 24.0 Å². The van der Waals surface area contributed by atoms with E-state index in [1.54, 1.807) is 11.3 Å². The standard InChI is InChI=1S/C20H24N2OS/c1-12-4-5-15(8-13(12)2)14(3)21-20(23)18-9-16-10-22(17-6-7-17)11-19(16)24-18/h4-5,8-9,14,17H,6-7,10-11H2,1-3H3,(H,21,23). The first-order valence-corrected chi connectivity index (χ1v) is 9.56. The maximum absolute atomic E-state index is 12.6. The van der Waals surface area contributed by atoms with Gasteiger partial charge in [-0.15, -0.1) is 11.3 Å². The van der Waals surface area contributed by atoms with Gasteiger partial charge in [0.2, 0.25) is 0 Å². The fraction of sp³-hybridized carbons (Fsp3) is 0.450. The highest BCUT2D eigenvalue weighted by atomic mass is 32.1. The molecule has 1 N–H and O–H groups in total. The summed E-state index contributed by atoms with van der Waals surface area (Å²) in [7, 11) is 0. The Hall–Kier alpha value is -1.65. The fourth-order valence-corrected chi connectivity index (χ4v) is 4.49. The van der Waals surface area contributed by atoms with Crippen LogP contribution in [0.4, 0.5) is 0 Å². The van der Waals surface area contributed by atoms with E-state index in [0.717, 1.165) is 29.6 Å². The van der Waals surface area contributed by atoms with Gasteiger partial charge >= 0.3 is 0 Å². The Balaban J connectivity index is 1.43. The van der Waals surface area contributed by atoms with E-state index >= 15 is 0 Å². The molecule has 4 heteroatoms. The van der Waals surface area contributed by atoms with Gasteiger partial charge in [-0.05, 0) is 61.9 Å². The number of benzene rings is 1. The molecule has 1 saturated carbocycles. The minimum atomic E-state index is 0.0247. The lowest BCUT2D eigenvalue weighted by molar-refractivity contribution is 0.0944. The lowest BCUT2D eigenvalue weighted by Crippen LogP contribution is -2.26. The molecule has 1 fully saturated rings. The molecule has 24 heavy (non-hydrogen) atoms. The van der Waals surface area contributed by atoms with E-state index in [1.807, 2.05) is 0 Å². The highest BCUT2D eigenvalue weighted by Gasteiger charge is 2.34. The van der Waals surface area contributed by atoms with E-state index < -0.39 is 0 Å². The molecule has 1 aliphatic heterocycles. The van der Waals surface area contributed by atoms with Crippen molar-refractivity contribution in [3.05, 3.63) is 56.3 Å². The molecule has 4 rings (SSSR count). The second kappa shape index (κ2) is 6.01. The van der Waals surface area contributed by atoms with Gasteiger partial charge in [0.25, 0.3) is 5.91 Å². The lowest BCUT2D eigenvalue weighted by Gasteiger charge is -2.16. The molecule has 1 unspecified atom stereocenters. The maximum Gasteiger partial charge on any atom is 0.261 e. The summed E-state index contributed by atoms with van der Waals surface area (Å²) in [5, 5.41) is 3.15. The number of carbonyl (C=O) groups excluding carboxylic acids is 1. The summed E-state index contributed by atoms with van der Waals surface area (Å²) in [5.74, 6) is 0.0538. The van der Waals surface area contributed by atoms with E-state index in [2.05, 4.69) is 55.3 Å². The summed E-state index contributed by atoms with van der Waals surface area (Å²) in [4.78, 5) is 17.4. The van der Waals surface area contributed by atoms with Crippen LogP contribution in [0.3, 0.4) is 0 Å². The van der Waals surface area contributed by atoms with Crippen molar-refractivity contribution in [1.82, 2.24) is 10.2 Å². The zero-order chi connectivity index (χ0) is 16.8. The number of fused-ring (bicyclic) bond motifs is 1. The van der Waals surface area contributed by atoms with Crippen LogP contribution in [0.2, 0.25) is 0 Å². The van der Waals surface area contributed by atoms with Crippen LogP contribution in [-0.4, -0.2) is 16.8 Å². The third-order valence-corrected chi connectivity index (χ3v) is 6.44. The molecular weight excluding hydrogens is 316 g/mol. The van der Waals surface area contributed by atoms with Crippen molar-refractivity contribution in [3.63, 3.8) is 0 Å². The van der Waals surface area contributed by atoms with Crippen LogP contribution in [0.25, 0.3) is 0 Å². The zero-order valence-electron chi connectivity index (χ0n) is 14.6. The van der Waals surface area contributed by atoms with Crippen molar-refractivity contribution in [2.24, 2.45) is 0 Å². The summed E-state index contributed by atoms with van der Waals surface area (Å²) in [5.41, 5.74) is 5.07. The number of hydrogen-bond acceptors (Lipinski definition) is 3. The van der Waals surface area contributed by atoms with Gasteiger partial charge in [-0.3, -0.25) is 9.69 Å². The van der Waals surface area contributed by atoms with Gasteiger partial charge in [0.05, 0.1) is 10.9 Å². The molecule has 1 aliphatic carbocycles. The molecule has 1 aromatic carbocycles. The van der Waals surface area contributed by atoms with Gasteiger partial charge in [-0.25, -0.2) is 0 Å². The number of nitrogens with one attached hydrogen (secondary N) is 1. The third-order valence-electron chi connectivity index (χ3n) is 5.28. The molecule has 1 amide bonds. The Kier molecular flexibility index (Phi) is 3.97. The number of carbonyl (C=O) groups is 1. The van der Waals surface area contributed by atoms with E-state index in [4.69, 9.17) is 0 Å². The number of nitrogens with zero attached hydrogens (tertiary/aromatic N) is 1. The van der Waals surface area contributed by atoms with Crippen molar-refractivity contribution in [3.8, 4) is 0 Å². The Morgan fingerprint density at radius 2 is 2.00 bits per heavy atom. The van der Waals surface area contributed by atoms with Crippen molar-refractivity contribution in [2.75, 3.05) is 0 Å². The summed E-state index contributed by atoms with van der Waals surface area (Å²) in [6.07, 6.45) is 2.69. The number of aryl methyl sites for hydroxylation is 2. The van der Waals surface area contributed by atoms with E-state index in [-0.39, 0.29) is 11.9 Å². The molecular formula is C20H24N2OS. The number of rotatable bonds is 4. The Morgan fingerprint density at radius 3 is 2.67 bits per heavy atom. The van der Waals surface area contributed by atoms with Crippen molar-refractivity contribution in [1.29, 1.82) is 0 Å². The van der Waals surface area contributed by atoms with Crippen LogP contribution in [0.15, 0.2) is 24.3 Å². The molecule has 3 nitrogen and oxygen atoms in total. The topological polar surface area (TPSA) is 32.3 Å². The molecule has 126 valence electrons. The van der Waals surface area contributed by atoms with Gasteiger partial charge in [0.1, 0.15) is 0 Å². The smallest absolute Gasteiger partial charge is 0.261 e. The minimum Gasteiger partial charge on any atom is -0.345 e. The minimum absolute atomic E-state index is 0.0247. The summed E-state index contributed by atoms with van der Waals surface area (Å²) >= 11 is 1.67. The van der Waals surface area contributed by atoms with Crippen molar-refractivity contribution in [2.45, 2.75) is 58.8 Å². The van der Waals surface area contributed by atoms with Crippen LogP contribution < -0.4 is 5.32 Å². The number of amides is 1. The van der Waals surface area contributed by atoms with Crippen molar-refractivity contribution >= 4 is 17.2 Å². The Bertz CT molecular complexity index is 767. The van der Waals surface area contributed by atoms with Gasteiger partial charge < -0.3 is 5.32 Å². The average molecular weight is 340 g/mol. The third kappa shape index (κ3) is 3.01. The quantitative estimate of drug-likeness (QED) is 0.898. The van der Waals surface area contributed by atoms with Crippen LogP contribution in [0.1, 0.15) is 62.6 Å². The average Bonchev–Trinajstić information content (AvgIpc) is 3.20. The van der Waals surface area contributed by atoms with E-state index in [0.29, 0.717) is 0 Å². The summed E-state index contributed by atoms with van der Waals surface area (Å²) < 4.78 is 0. The second-order valence-electron chi connectivity index (χ2n) is 7.23. The molecule has 1 atom stereocenters. The number of thiophene rings is 1. The lowest BCUT2D eigenvalue weighted by atomic mass is 10.0. The SMILES string of the molecule is Cc1ccc(C(C)NC(=O)c2cc3c(s2)CN(C2CC2)C3)cc1C. The van der Waals surface area contributed by atoms with Crippen molar-refractivity contribution < 1.29 is 4.79 Å². The van der Waals surface area contributed by atoms with Gasteiger partial charge in [-0.1, -0.05) is 18.2 Å². The van der Waals surface area contributed by atoms with Crippen LogP contribution >= 0.6 is 11.3 Å². The van der Waals surface area contributed by atoms with E-state index in [1.165, 1.54) is 34.4 Å². The first-order chi connectivity index (χ1) is 11.5. The Morgan fingerprint density at radius 1 is 1.21 bits per heavy atom. The molecule has 2 aromatic rings. The van der Waals surface area contributed by atoms with Crippen LogP contribution in [0.5, 0.6) is 0 Å². The fourth-order valence-electron chi connectivity index (χ4n) is 3.39. The van der Waals surface area contributed by atoms with Crippen LogP contribution in [-0.2, 0) is 13.1 Å². The predicted molar refractivity (Wildman–Crippen MR) is 98.4 cm³/mol. The molecule has 2 heterocycles. The largest absolute Gasteiger partial charge is 0.345 e. The highest BCUT2D eigenvalue weighted by Crippen LogP contribution is 2.38. The first-order valence-electron chi connectivity index (χ1n) is 8.75. The first kappa shape index (κ1) is 15.9. The molecule has 1 aromatic heterocycles. The molecule has 2 aliphatic rings. The monoisotopic (exact) mass is 340 g/mol. The molecule has 0 saturated heterocycles. The van der Waals surface area contributed by atoms with Gasteiger partial charge in [0.15, 0.2) is 0 Å². The number of hydrogen-bond donors (Lipinski definition) is 1. The maximum atomic E-state index is 12.6. The molecule has 0 spiro atoms. The van der Waals surface area contributed by atoms with Crippen LogP contribution in [0, 0.1) is 13.8 Å². The molecule has 0 radical (unpaired) electrons.